The molecule has 7 nitrogen and oxygen atoms in total. The topological polar surface area (TPSA) is 86.8 Å². The van der Waals surface area contributed by atoms with Gasteiger partial charge in [-0.3, -0.25) is 13.9 Å². The van der Waals surface area contributed by atoms with Crippen molar-refractivity contribution in [3.8, 4) is 0 Å². The average molecular weight is 593 g/mol. The van der Waals surface area contributed by atoms with Gasteiger partial charge in [0.05, 0.1) is 11.9 Å². The third-order valence-corrected chi connectivity index (χ3v) is 7.80. The van der Waals surface area contributed by atoms with Crippen LogP contribution in [0.5, 0.6) is 0 Å². The molecule has 0 aliphatic heterocycles. The van der Waals surface area contributed by atoms with Crippen LogP contribution in [-0.2, 0) is 26.2 Å². The number of anilines is 1. The second-order valence-electron chi connectivity index (χ2n) is 7.93. The molecule has 0 aliphatic carbocycles. The van der Waals surface area contributed by atoms with Gasteiger partial charge < -0.3 is 10.2 Å². The number of rotatable bonds is 10. The lowest BCUT2D eigenvalue weighted by molar-refractivity contribution is -0.139. The van der Waals surface area contributed by atoms with Crippen LogP contribution in [0.1, 0.15) is 31.4 Å². The van der Waals surface area contributed by atoms with Crippen molar-refractivity contribution in [2.75, 3.05) is 23.7 Å². The van der Waals surface area contributed by atoms with Crippen LogP contribution in [0.4, 0.5) is 5.69 Å². The van der Waals surface area contributed by atoms with E-state index in [1.165, 1.54) is 4.90 Å². The summed E-state index contributed by atoms with van der Waals surface area (Å²) in [6.07, 6.45) is 1.77. The van der Waals surface area contributed by atoms with E-state index in [4.69, 9.17) is 23.2 Å². The fourth-order valence-corrected chi connectivity index (χ4v) is 4.77. The van der Waals surface area contributed by atoms with Gasteiger partial charge in [0.15, 0.2) is 0 Å². The number of hydrogen-bond donors (Lipinski definition) is 1. The zero-order valence-electron chi connectivity index (χ0n) is 19.4. The molecule has 2 rings (SSSR count). The summed E-state index contributed by atoms with van der Waals surface area (Å²) < 4.78 is 27.1. The van der Waals surface area contributed by atoms with Gasteiger partial charge in [0.2, 0.25) is 21.8 Å². The van der Waals surface area contributed by atoms with E-state index in [-0.39, 0.29) is 12.5 Å². The van der Waals surface area contributed by atoms with Crippen LogP contribution in [-0.4, -0.2) is 50.5 Å². The summed E-state index contributed by atoms with van der Waals surface area (Å²) in [5.41, 5.74) is 1.75. The maximum Gasteiger partial charge on any atom is 0.244 e. The average Bonchev–Trinajstić information content (AvgIpc) is 2.75. The Labute approximate surface area is 219 Å². The number of carbonyl (C=O) groups is 2. The van der Waals surface area contributed by atoms with E-state index < -0.39 is 28.5 Å². The third-order valence-electron chi connectivity index (χ3n) is 5.18. The SMILES string of the molecule is CCCNC(=O)[C@@H](C)N(Cc1ccc(Cl)cc1Cl)C(=O)CN(c1ccc(Br)c(C)c1)S(C)(=O)=O. The summed E-state index contributed by atoms with van der Waals surface area (Å²) in [7, 11) is -3.80. The lowest BCUT2D eigenvalue weighted by Gasteiger charge is -2.31. The van der Waals surface area contributed by atoms with Crippen LogP contribution in [0.3, 0.4) is 0 Å². The smallest absolute Gasteiger partial charge is 0.244 e. The predicted octanol–water partition coefficient (Wildman–Crippen LogP) is 4.77. The summed E-state index contributed by atoms with van der Waals surface area (Å²) in [5.74, 6) is -0.887. The summed E-state index contributed by atoms with van der Waals surface area (Å²) in [6.45, 7) is 5.33. The maximum atomic E-state index is 13.5. The molecule has 0 unspecified atom stereocenters. The molecule has 11 heteroatoms. The van der Waals surface area contributed by atoms with Gasteiger partial charge in [-0.1, -0.05) is 52.1 Å². The Balaban J connectivity index is 2.42. The Kier molecular flexibility index (Phi) is 10.2. The van der Waals surface area contributed by atoms with Crippen LogP contribution < -0.4 is 9.62 Å². The molecule has 1 N–H and O–H groups in total. The molecule has 0 saturated heterocycles. The van der Waals surface area contributed by atoms with E-state index in [0.29, 0.717) is 27.8 Å². The number of nitrogens with zero attached hydrogens (tertiary/aromatic N) is 2. The van der Waals surface area contributed by atoms with Gasteiger partial charge in [0.25, 0.3) is 0 Å². The highest BCUT2D eigenvalue weighted by Gasteiger charge is 2.30. The number of hydrogen-bond acceptors (Lipinski definition) is 4. The largest absolute Gasteiger partial charge is 0.354 e. The summed E-state index contributed by atoms with van der Waals surface area (Å²) in [5, 5.41) is 3.56. The first-order valence-electron chi connectivity index (χ1n) is 10.6. The molecule has 1 atom stereocenters. The van der Waals surface area contributed by atoms with Crippen LogP contribution >= 0.6 is 39.1 Å². The first-order chi connectivity index (χ1) is 15.8. The number of halogens is 3. The number of benzene rings is 2. The van der Waals surface area contributed by atoms with Crippen LogP contribution in [0.2, 0.25) is 10.0 Å². The second kappa shape index (κ2) is 12.2. The van der Waals surface area contributed by atoms with Crippen molar-refractivity contribution in [3.63, 3.8) is 0 Å². The van der Waals surface area contributed by atoms with Gasteiger partial charge in [0, 0.05) is 27.6 Å². The van der Waals surface area contributed by atoms with Crippen molar-refractivity contribution >= 4 is 66.7 Å². The summed E-state index contributed by atoms with van der Waals surface area (Å²) in [4.78, 5) is 27.5. The molecule has 2 aromatic rings. The fourth-order valence-electron chi connectivity index (χ4n) is 3.21. The van der Waals surface area contributed by atoms with Crippen molar-refractivity contribution in [1.82, 2.24) is 10.2 Å². The Morgan fingerprint density at radius 3 is 2.38 bits per heavy atom. The van der Waals surface area contributed by atoms with Crippen molar-refractivity contribution in [2.45, 2.75) is 39.8 Å². The zero-order valence-corrected chi connectivity index (χ0v) is 23.4. The Hall–Kier alpha value is -1.81. The van der Waals surface area contributed by atoms with E-state index in [1.807, 2.05) is 13.8 Å². The normalized spacial score (nSPS) is 12.2. The molecule has 2 aromatic carbocycles. The monoisotopic (exact) mass is 591 g/mol. The minimum atomic E-state index is -3.80. The highest BCUT2D eigenvalue weighted by Crippen LogP contribution is 2.26. The van der Waals surface area contributed by atoms with Crippen LogP contribution in [0, 0.1) is 6.92 Å². The van der Waals surface area contributed by atoms with Gasteiger partial charge in [-0.2, -0.15) is 0 Å². The number of carbonyl (C=O) groups excluding carboxylic acids is 2. The van der Waals surface area contributed by atoms with E-state index in [0.717, 1.165) is 27.0 Å². The molecule has 0 aromatic heterocycles. The quantitative estimate of drug-likeness (QED) is 0.430. The Bertz CT molecular complexity index is 1160. The minimum absolute atomic E-state index is 0.00646. The Morgan fingerprint density at radius 1 is 1.15 bits per heavy atom. The van der Waals surface area contributed by atoms with Gasteiger partial charge in [-0.15, -0.1) is 0 Å². The lowest BCUT2D eigenvalue weighted by atomic mass is 10.1. The first kappa shape index (κ1) is 28.4. The molecule has 0 saturated carbocycles. The van der Waals surface area contributed by atoms with Crippen molar-refractivity contribution in [1.29, 1.82) is 0 Å². The van der Waals surface area contributed by atoms with Crippen molar-refractivity contribution < 1.29 is 18.0 Å². The van der Waals surface area contributed by atoms with Crippen molar-refractivity contribution in [2.24, 2.45) is 0 Å². The molecule has 0 heterocycles. The predicted molar refractivity (Wildman–Crippen MR) is 141 cm³/mol. The molecule has 186 valence electrons. The molecule has 0 aliphatic rings. The highest BCUT2D eigenvalue weighted by molar-refractivity contribution is 9.10. The minimum Gasteiger partial charge on any atom is -0.354 e. The molecular weight excluding hydrogens is 565 g/mol. The van der Waals surface area contributed by atoms with E-state index >= 15 is 0 Å². The molecule has 0 radical (unpaired) electrons. The van der Waals surface area contributed by atoms with E-state index in [2.05, 4.69) is 21.2 Å². The second-order valence-corrected chi connectivity index (χ2v) is 11.5. The van der Waals surface area contributed by atoms with Gasteiger partial charge in [-0.25, -0.2) is 8.42 Å². The molecule has 34 heavy (non-hydrogen) atoms. The Morgan fingerprint density at radius 2 is 1.82 bits per heavy atom. The number of sulfonamides is 1. The molecule has 2 amide bonds. The number of nitrogens with one attached hydrogen (secondary N) is 1. The van der Waals surface area contributed by atoms with Gasteiger partial charge in [-0.05, 0) is 61.7 Å². The van der Waals surface area contributed by atoms with E-state index in [9.17, 15) is 18.0 Å². The molecular formula is C23H28BrCl2N3O4S. The van der Waals surface area contributed by atoms with E-state index in [1.54, 1.807) is 43.3 Å². The first-order valence-corrected chi connectivity index (χ1v) is 14.0. The molecule has 0 spiro atoms. The maximum absolute atomic E-state index is 13.5. The highest BCUT2D eigenvalue weighted by atomic mass is 79.9. The number of aryl methyl sites for hydroxylation is 1. The van der Waals surface area contributed by atoms with Gasteiger partial charge >= 0.3 is 0 Å². The third kappa shape index (κ3) is 7.60. The standard InChI is InChI=1S/C23H28BrCl2N3O4S/c1-5-10-27-23(31)16(3)28(13-17-6-7-18(25)12-21(17)26)22(30)14-29(34(4,32)33)19-8-9-20(24)15(2)11-19/h6-9,11-12,16H,5,10,13-14H2,1-4H3,(H,27,31)/t16-/m1/s1. The summed E-state index contributed by atoms with van der Waals surface area (Å²) >= 11 is 15.7. The zero-order chi connectivity index (χ0) is 25.6. The molecule has 0 fully saturated rings. The van der Waals surface area contributed by atoms with Crippen molar-refractivity contribution in [3.05, 3.63) is 62.0 Å². The molecule has 0 bridgehead atoms. The van der Waals surface area contributed by atoms with Crippen LogP contribution in [0.25, 0.3) is 0 Å². The summed E-state index contributed by atoms with van der Waals surface area (Å²) in [6, 6.07) is 9.02. The number of amides is 2. The van der Waals surface area contributed by atoms with Crippen LogP contribution in [0.15, 0.2) is 40.9 Å². The lowest BCUT2D eigenvalue weighted by Crippen LogP contribution is -2.51. The van der Waals surface area contributed by atoms with Gasteiger partial charge in [0.1, 0.15) is 12.6 Å². The fraction of sp³-hybridized carbons (Fsp3) is 0.391.